The third kappa shape index (κ3) is 6.95. The van der Waals surface area contributed by atoms with Gasteiger partial charge < -0.3 is 14.8 Å². The number of quaternary nitrogens is 1. The molecule has 0 aliphatic carbocycles. The van der Waals surface area contributed by atoms with Crippen LogP contribution in [0.3, 0.4) is 0 Å². The standard InChI is InChI=1S/C15H24BrNO2/c1-4-13(3)17-7-8-18-9-10-19-15-6-5-12(2)11-14(15)16/h5-6,11,13,17H,4,7-10H2,1-3H3/p+1/t13-/m0/s1. The molecular weight excluding hydrogens is 306 g/mol. The van der Waals surface area contributed by atoms with Gasteiger partial charge in [-0.2, -0.15) is 0 Å². The number of rotatable bonds is 9. The minimum absolute atomic E-state index is 0.588. The van der Waals surface area contributed by atoms with E-state index in [4.69, 9.17) is 9.47 Å². The van der Waals surface area contributed by atoms with Crippen LogP contribution < -0.4 is 10.1 Å². The molecule has 0 bridgehead atoms. The molecule has 0 fully saturated rings. The predicted molar refractivity (Wildman–Crippen MR) is 81.7 cm³/mol. The Morgan fingerprint density at radius 3 is 2.74 bits per heavy atom. The molecule has 0 heterocycles. The Balaban J connectivity index is 2.07. The Bertz CT molecular complexity index is 371. The maximum Gasteiger partial charge on any atom is 0.133 e. The summed E-state index contributed by atoms with van der Waals surface area (Å²) in [5.41, 5.74) is 1.22. The van der Waals surface area contributed by atoms with Crippen LogP contribution in [-0.2, 0) is 4.74 Å². The van der Waals surface area contributed by atoms with Crippen molar-refractivity contribution in [3.63, 3.8) is 0 Å². The van der Waals surface area contributed by atoms with E-state index in [9.17, 15) is 0 Å². The Morgan fingerprint density at radius 2 is 2.05 bits per heavy atom. The summed E-state index contributed by atoms with van der Waals surface area (Å²) < 4.78 is 12.2. The van der Waals surface area contributed by atoms with Crippen LogP contribution in [0.15, 0.2) is 22.7 Å². The molecule has 2 N–H and O–H groups in total. The first-order valence-corrected chi connectivity index (χ1v) is 7.72. The minimum Gasteiger partial charge on any atom is -0.490 e. The summed E-state index contributed by atoms with van der Waals surface area (Å²) in [6.07, 6.45) is 1.20. The van der Waals surface area contributed by atoms with Crippen LogP contribution in [0.25, 0.3) is 0 Å². The smallest absolute Gasteiger partial charge is 0.133 e. The van der Waals surface area contributed by atoms with Crippen molar-refractivity contribution >= 4 is 15.9 Å². The second-order valence-corrected chi connectivity index (χ2v) is 5.66. The van der Waals surface area contributed by atoms with Crippen LogP contribution in [0.5, 0.6) is 5.75 Å². The molecule has 1 aromatic rings. The summed E-state index contributed by atoms with van der Waals surface area (Å²) in [5, 5.41) is 2.32. The van der Waals surface area contributed by atoms with Crippen molar-refractivity contribution < 1.29 is 14.8 Å². The largest absolute Gasteiger partial charge is 0.490 e. The zero-order valence-corrected chi connectivity index (χ0v) is 13.7. The summed E-state index contributed by atoms with van der Waals surface area (Å²) in [6, 6.07) is 6.76. The average Bonchev–Trinajstić information content (AvgIpc) is 2.39. The molecular formula is C15H25BrNO2+. The van der Waals surface area contributed by atoms with Crippen LogP contribution in [-0.4, -0.2) is 32.4 Å². The molecule has 1 atom stereocenters. The molecule has 0 spiro atoms. The number of hydrogen-bond donors (Lipinski definition) is 1. The molecule has 0 radical (unpaired) electrons. The highest BCUT2D eigenvalue weighted by Gasteiger charge is 2.02. The Hall–Kier alpha value is -0.580. The molecule has 4 heteroatoms. The predicted octanol–water partition coefficient (Wildman–Crippen LogP) is 2.51. The summed E-state index contributed by atoms with van der Waals surface area (Å²) in [4.78, 5) is 0. The Morgan fingerprint density at radius 1 is 1.26 bits per heavy atom. The van der Waals surface area contributed by atoms with E-state index in [2.05, 4.69) is 48.1 Å². The van der Waals surface area contributed by atoms with Crippen LogP contribution in [0.1, 0.15) is 25.8 Å². The lowest BCUT2D eigenvalue weighted by Gasteiger charge is -2.10. The maximum absolute atomic E-state index is 5.66. The van der Waals surface area contributed by atoms with E-state index in [1.807, 2.05) is 12.1 Å². The first-order chi connectivity index (χ1) is 9.13. The lowest BCUT2D eigenvalue weighted by atomic mass is 10.2. The van der Waals surface area contributed by atoms with Gasteiger partial charge in [0.05, 0.1) is 30.3 Å². The van der Waals surface area contributed by atoms with E-state index in [0.717, 1.165) is 23.4 Å². The van der Waals surface area contributed by atoms with Crippen LogP contribution >= 0.6 is 15.9 Å². The first-order valence-electron chi connectivity index (χ1n) is 6.93. The van der Waals surface area contributed by atoms with Gasteiger partial charge in [0.15, 0.2) is 0 Å². The van der Waals surface area contributed by atoms with E-state index >= 15 is 0 Å². The topological polar surface area (TPSA) is 35.1 Å². The molecule has 0 saturated heterocycles. The van der Waals surface area contributed by atoms with Gasteiger partial charge in [-0.05, 0) is 53.9 Å². The second-order valence-electron chi connectivity index (χ2n) is 4.80. The fourth-order valence-corrected chi connectivity index (χ4v) is 2.25. The lowest BCUT2D eigenvalue weighted by molar-refractivity contribution is -0.687. The molecule has 3 nitrogen and oxygen atoms in total. The number of hydrogen-bond acceptors (Lipinski definition) is 2. The molecule has 0 aromatic heterocycles. The highest BCUT2D eigenvalue weighted by atomic mass is 79.9. The van der Waals surface area contributed by atoms with E-state index in [1.165, 1.54) is 12.0 Å². The highest BCUT2D eigenvalue weighted by Crippen LogP contribution is 2.25. The molecule has 0 aliphatic heterocycles. The van der Waals surface area contributed by atoms with Gasteiger partial charge in [0.1, 0.15) is 12.4 Å². The first kappa shape index (κ1) is 16.5. The fourth-order valence-electron chi connectivity index (χ4n) is 1.64. The van der Waals surface area contributed by atoms with E-state index < -0.39 is 0 Å². The quantitative estimate of drug-likeness (QED) is 0.706. The van der Waals surface area contributed by atoms with E-state index in [0.29, 0.717) is 19.3 Å². The zero-order valence-electron chi connectivity index (χ0n) is 12.1. The zero-order chi connectivity index (χ0) is 14.1. The Kier molecular flexibility index (Phi) is 8.10. The average molecular weight is 331 g/mol. The third-order valence-corrected chi connectivity index (χ3v) is 3.67. The molecule has 108 valence electrons. The highest BCUT2D eigenvalue weighted by molar-refractivity contribution is 9.10. The van der Waals surface area contributed by atoms with Crippen molar-refractivity contribution in [2.24, 2.45) is 0 Å². The summed E-state index contributed by atoms with van der Waals surface area (Å²) in [5.74, 6) is 0.875. The van der Waals surface area contributed by atoms with Gasteiger partial charge >= 0.3 is 0 Å². The third-order valence-electron chi connectivity index (χ3n) is 3.05. The molecule has 0 aliphatic rings. The summed E-state index contributed by atoms with van der Waals surface area (Å²) >= 11 is 3.49. The van der Waals surface area contributed by atoms with Crippen molar-refractivity contribution in [1.29, 1.82) is 0 Å². The van der Waals surface area contributed by atoms with E-state index in [-0.39, 0.29) is 0 Å². The molecule has 1 aromatic carbocycles. The van der Waals surface area contributed by atoms with Crippen molar-refractivity contribution in [3.8, 4) is 5.75 Å². The second kappa shape index (κ2) is 9.34. The van der Waals surface area contributed by atoms with Gasteiger partial charge in [-0.25, -0.2) is 0 Å². The molecule has 1 rings (SSSR count). The Labute approximate surface area is 124 Å². The van der Waals surface area contributed by atoms with Gasteiger partial charge in [-0.15, -0.1) is 0 Å². The monoisotopic (exact) mass is 330 g/mol. The number of halogens is 1. The number of benzene rings is 1. The molecule has 19 heavy (non-hydrogen) atoms. The lowest BCUT2D eigenvalue weighted by Crippen LogP contribution is -2.90. The van der Waals surface area contributed by atoms with Crippen molar-refractivity contribution in [1.82, 2.24) is 0 Å². The maximum atomic E-state index is 5.66. The number of nitrogens with two attached hydrogens (primary N) is 1. The van der Waals surface area contributed by atoms with Crippen LogP contribution in [0, 0.1) is 6.92 Å². The van der Waals surface area contributed by atoms with Gasteiger partial charge in [0.25, 0.3) is 0 Å². The van der Waals surface area contributed by atoms with E-state index in [1.54, 1.807) is 0 Å². The van der Waals surface area contributed by atoms with Gasteiger partial charge in [-0.1, -0.05) is 13.0 Å². The van der Waals surface area contributed by atoms with Crippen LogP contribution in [0.4, 0.5) is 0 Å². The van der Waals surface area contributed by atoms with Crippen LogP contribution in [0.2, 0.25) is 0 Å². The van der Waals surface area contributed by atoms with Gasteiger partial charge in [0.2, 0.25) is 0 Å². The van der Waals surface area contributed by atoms with Crippen molar-refractivity contribution in [2.45, 2.75) is 33.2 Å². The molecule has 0 unspecified atom stereocenters. The number of aryl methyl sites for hydroxylation is 1. The van der Waals surface area contributed by atoms with Gasteiger partial charge in [-0.3, -0.25) is 0 Å². The van der Waals surface area contributed by atoms with Crippen molar-refractivity contribution in [2.75, 3.05) is 26.4 Å². The summed E-state index contributed by atoms with van der Waals surface area (Å²) in [6.45, 7) is 9.52. The molecule has 0 amide bonds. The fraction of sp³-hybridized carbons (Fsp3) is 0.600. The van der Waals surface area contributed by atoms with Gasteiger partial charge in [0, 0.05) is 0 Å². The SMILES string of the molecule is CC[C@H](C)[NH2+]CCOCCOc1ccc(C)cc1Br. The summed E-state index contributed by atoms with van der Waals surface area (Å²) in [7, 11) is 0. The van der Waals surface area contributed by atoms with Crippen molar-refractivity contribution in [3.05, 3.63) is 28.2 Å². The number of ether oxygens (including phenoxy) is 2. The normalized spacial score (nSPS) is 12.4. The minimum atomic E-state index is 0.588. The molecule has 0 saturated carbocycles.